The van der Waals surface area contributed by atoms with Crippen molar-refractivity contribution in [1.82, 2.24) is 19.5 Å². The van der Waals surface area contributed by atoms with Crippen molar-refractivity contribution in [2.75, 3.05) is 23.8 Å². The van der Waals surface area contributed by atoms with Gasteiger partial charge in [-0.3, -0.25) is 4.57 Å². The van der Waals surface area contributed by atoms with Crippen molar-refractivity contribution in [3.63, 3.8) is 0 Å². The molecule has 170 valence electrons. The molecule has 3 unspecified atom stereocenters. The van der Waals surface area contributed by atoms with Gasteiger partial charge < -0.3 is 20.5 Å². The van der Waals surface area contributed by atoms with Crippen molar-refractivity contribution in [2.24, 2.45) is 0 Å². The summed E-state index contributed by atoms with van der Waals surface area (Å²) in [4.78, 5) is 13.0. The molecule has 3 heterocycles. The molecule has 1 aromatic carbocycles. The monoisotopic (exact) mass is 452 g/mol. The highest BCUT2D eigenvalue weighted by Crippen LogP contribution is 2.32. The van der Waals surface area contributed by atoms with Crippen molar-refractivity contribution in [3.05, 3.63) is 35.8 Å². The van der Waals surface area contributed by atoms with Gasteiger partial charge in [0.2, 0.25) is 11.9 Å². The fourth-order valence-corrected chi connectivity index (χ4v) is 3.80. The number of aromatic nitrogens is 4. The minimum Gasteiger partial charge on any atom is -0.393 e. The molecule has 5 rings (SSSR count). The Morgan fingerprint density at radius 3 is 2.69 bits per heavy atom. The molecule has 1 saturated carbocycles. The van der Waals surface area contributed by atoms with E-state index in [1.165, 1.54) is 6.20 Å². The average Bonchev–Trinajstić information content (AvgIpc) is 3.41. The van der Waals surface area contributed by atoms with Crippen molar-refractivity contribution < 1.29 is 28.5 Å². The number of benzene rings is 1. The van der Waals surface area contributed by atoms with Crippen LogP contribution < -0.4 is 10.6 Å². The van der Waals surface area contributed by atoms with E-state index >= 15 is 0 Å². The van der Waals surface area contributed by atoms with Crippen molar-refractivity contribution in [2.45, 2.75) is 50.2 Å². The number of hydrogen-bond acceptors (Lipinski definition) is 7. The zero-order valence-corrected chi connectivity index (χ0v) is 16.8. The number of halogens is 3. The number of rotatable bonds is 5. The number of imidazole rings is 1. The smallest absolute Gasteiger partial charge is 0.224 e. The topological polar surface area (TPSA) is 97.1 Å². The molecule has 3 aromatic rings. The number of aliphatic hydroxyl groups is 1. The first-order valence-electron chi connectivity index (χ1n) is 12.1. The third kappa shape index (κ3) is 4.09. The highest BCUT2D eigenvalue weighted by molar-refractivity contribution is 5.76. The molecule has 1 aliphatic heterocycles. The summed E-state index contributed by atoms with van der Waals surface area (Å²) >= 11 is 0. The highest BCUT2D eigenvalue weighted by atomic mass is 19.1. The van der Waals surface area contributed by atoms with Gasteiger partial charge in [0.1, 0.15) is 17.0 Å². The maximum atomic E-state index is 14.3. The Balaban J connectivity index is 1.53. The summed E-state index contributed by atoms with van der Waals surface area (Å²) in [5.41, 5.74) is -0.0440. The Morgan fingerprint density at radius 1 is 1.12 bits per heavy atom. The molecule has 2 aromatic heterocycles. The molecule has 1 saturated heterocycles. The molecule has 11 heteroatoms. The predicted octanol–water partition coefficient (Wildman–Crippen LogP) is 3.66. The molecule has 0 bridgehead atoms. The first-order chi connectivity index (χ1) is 16.9. The average molecular weight is 452 g/mol. The maximum absolute atomic E-state index is 14.3. The molecule has 32 heavy (non-hydrogen) atoms. The van der Waals surface area contributed by atoms with Crippen LogP contribution in [0.25, 0.3) is 11.2 Å². The zero-order chi connectivity index (χ0) is 25.8. The van der Waals surface area contributed by atoms with Gasteiger partial charge in [0.25, 0.3) is 0 Å². The lowest BCUT2D eigenvalue weighted by Crippen LogP contribution is -2.29. The van der Waals surface area contributed by atoms with Crippen LogP contribution in [-0.4, -0.2) is 50.0 Å². The second-order valence-electron chi connectivity index (χ2n) is 7.62. The number of anilines is 3. The van der Waals surface area contributed by atoms with Gasteiger partial charge in [-0.25, -0.2) is 23.1 Å². The summed E-state index contributed by atoms with van der Waals surface area (Å²) in [5.74, 6) is -3.32. The lowest BCUT2D eigenvalue weighted by atomic mass is 9.93. The van der Waals surface area contributed by atoms with Crippen molar-refractivity contribution in [1.29, 1.82) is 0 Å². The van der Waals surface area contributed by atoms with Crippen molar-refractivity contribution >= 4 is 28.7 Å². The quantitative estimate of drug-likeness (QED) is 0.544. The zero-order valence-electron chi connectivity index (χ0n) is 20.8. The third-order valence-electron chi connectivity index (χ3n) is 5.37. The molecule has 1 aliphatic carbocycles. The van der Waals surface area contributed by atoms with E-state index < -0.39 is 54.5 Å². The summed E-state index contributed by atoms with van der Waals surface area (Å²) in [7, 11) is 0. The van der Waals surface area contributed by atoms with Gasteiger partial charge in [-0.2, -0.15) is 4.98 Å². The Hall–Kier alpha value is -2.92. The van der Waals surface area contributed by atoms with Gasteiger partial charge in [0.05, 0.1) is 24.9 Å². The maximum Gasteiger partial charge on any atom is 0.224 e. The van der Waals surface area contributed by atoms with Crippen LogP contribution in [0.3, 0.4) is 0 Å². The SMILES string of the molecule is [2H]C1([2H])CC(Nc2ncc3nc(Nc4c(F)cc(F)cc4F)n(C4CCOC4)c3n2)C([2H])([2H])CC1O. The standard InChI is InChI=1S/C21H23F3N6O2/c22-11-7-15(23)18(16(24)8-11)28-21-27-17-9-25-20(26-12-1-3-14(31)4-2-12)29-19(17)30(21)13-5-6-32-10-13/h7-9,12-14,31H,1-6,10H2,(H,27,28)(H,25,26,29)/i1D2,4D2. The Labute approximate surface area is 187 Å². The van der Waals surface area contributed by atoms with Crippen LogP contribution in [-0.2, 0) is 4.74 Å². The van der Waals surface area contributed by atoms with Gasteiger partial charge in [0, 0.05) is 30.3 Å². The molecule has 3 N–H and O–H groups in total. The Morgan fingerprint density at radius 2 is 1.94 bits per heavy atom. The molecule has 8 nitrogen and oxygen atoms in total. The Kier molecular flexibility index (Phi) is 4.45. The molecule has 0 spiro atoms. The number of aliphatic hydroxyl groups excluding tert-OH is 1. The fraction of sp³-hybridized carbons (Fsp3) is 0.476. The summed E-state index contributed by atoms with van der Waals surface area (Å²) < 4.78 is 81.5. The first-order valence-corrected chi connectivity index (χ1v) is 10.1. The van der Waals surface area contributed by atoms with E-state index in [9.17, 15) is 18.3 Å². The van der Waals surface area contributed by atoms with Gasteiger partial charge in [-0.05, 0) is 32.0 Å². The predicted molar refractivity (Wildman–Crippen MR) is 111 cm³/mol. The lowest BCUT2D eigenvalue weighted by molar-refractivity contribution is 0.126. The minimum absolute atomic E-state index is 0.00526. The van der Waals surface area contributed by atoms with Crippen LogP contribution in [0, 0.1) is 17.5 Å². The van der Waals surface area contributed by atoms with Crippen LogP contribution in [0.5, 0.6) is 0 Å². The molecule has 3 atom stereocenters. The van der Waals surface area contributed by atoms with E-state index in [0.717, 1.165) is 0 Å². The van der Waals surface area contributed by atoms with Gasteiger partial charge in [0.15, 0.2) is 17.3 Å². The molecular formula is C21H23F3N6O2. The van der Waals surface area contributed by atoms with E-state index in [2.05, 4.69) is 25.6 Å². The lowest BCUT2D eigenvalue weighted by Gasteiger charge is -2.26. The van der Waals surface area contributed by atoms with E-state index in [0.29, 0.717) is 25.2 Å². The molecule has 2 aliphatic rings. The first kappa shape index (κ1) is 16.7. The highest BCUT2D eigenvalue weighted by Gasteiger charge is 2.27. The summed E-state index contributed by atoms with van der Waals surface area (Å²) in [5, 5.41) is 15.4. The number of ether oxygens (including phenoxy) is 1. The number of fused-ring (bicyclic) bond motifs is 1. The second kappa shape index (κ2) is 8.55. The molecular weight excluding hydrogens is 425 g/mol. The van der Waals surface area contributed by atoms with E-state index in [-0.39, 0.29) is 42.1 Å². The fourth-order valence-electron chi connectivity index (χ4n) is 3.80. The van der Waals surface area contributed by atoms with E-state index in [4.69, 9.17) is 10.2 Å². The van der Waals surface area contributed by atoms with Crippen LogP contribution >= 0.6 is 0 Å². The number of hydrogen-bond donors (Lipinski definition) is 3. The number of nitrogens with one attached hydrogen (secondary N) is 2. The van der Waals surface area contributed by atoms with Crippen LogP contribution in [0.2, 0.25) is 0 Å². The second-order valence-corrected chi connectivity index (χ2v) is 7.62. The molecule has 0 amide bonds. The summed E-state index contributed by atoms with van der Waals surface area (Å²) in [6.45, 7) is 0.726. The summed E-state index contributed by atoms with van der Waals surface area (Å²) in [6.07, 6.45) is -4.19. The van der Waals surface area contributed by atoms with Gasteiger partial charge in [-0.15, -0.1) is 0 Å². The normalized spacial score (nSPS) is 28.6. The largest absolute Gasteiger partial charge is 0.393 e. The molecule has 2 fully saturated rings. The van der Waals surface area contributed by atoms with Gasteiger partial charge >= 0.3 is 0 Å². The summed E-state index contributed by atoms with van der Waals surface area (Å²) in [6, 6.07) is -0.226. The van der Waals surface area contributed by atoms with Crippen LogP contribution in [0.1, 0.15) is 43.5 Å². The number of nitrogens with zero attached hydrogens (tertiary/aromatic N) is 4. The Bertz CT molecular complexity index is 1280. The van der Waals surface area contributed by atoms with E-state index in [1.807, 2.05) is 0 Å². The third-order valence-corrected chi connectivity index (χ3v) is 5.37. The van der Waals surface area contributed by atoms with Crippen LogP contribution in [0.4, 0.5) is 30.8 Å². The van der Waals surface area contributed by atoms with Crippen LogP contribution in [0.15, 0.2) is 18.3 Å². The molecule has 0 radical (unpaired) electrons. The van der Waals surface area contributed by atoms with E-state index in [1.54, 1.807) is 4.57 Å². The minimum atomic E-state index is -2.00. The van der Waals surface area contributed by atoms with Crippen molar-refractivity contribution in [3.8, 4) is 0 Å². The van der Waals surface area contributed by atoms with Gasteiger partial charge in [-0.1, -0.05) is 0 Å².